The van der Waals surface area contributed by atoms with Gasteiger partial charge in [-0.2, -0.15) is 5.10 Å². The Kier molecular flexibility index (Phi) is 5.78. The van der Waals surface area contributed by atoms with Crippen LogP contribution in [-0.2, 0) is 17.7 Å². The van der Waals surface area contributed by atoms with Crippen LogP contribution in [0.2, 0.25) is 5.02 Å². The lowest BCUT2D eigenvalue weighted by molar-refractivity contribution is -0.00712. The summed E-state index contributed by atoms with van der Waals surface area (Å²) in [6, 6.07) is 3.44. The highest BCUT2D eigenvalue weighted by Crippen LogP contribution is 2.31. The summed E-state index contributed by atoms with van der Waals surface area (Å²) < 4.78 is 13.1. The van der Waals surface area contributed by atoms with E-state index in [1.54, 1.807) is 23.0 Å². The molecular weight excluding hydrogens is 356 g/mol. The van der Waals surface area contributed by atoms with Crippen LogP contribution >= 0.6 is 11.6 Å². The van der Waals surface area contributed by atoms with Crippen LogP contribution in [0.5, 0.6) is 5.88 Å². The van der Waals surface area contributed by atoms with E-state index in [0.29, 0.717) is 36.1 Å². The van der Waals surface area contributed by atoms with E-state index in [0.717, 1.165) is 11.3 Å². The molecule has 8 heteroatoms. The number of aromatic nitrogens is 3. The van der Waals surface area contributed by atoms with Gasteiger partial charge in [0.15, 0.2) is 0 Å². The minimum atomic E-state index is -0.155. The number of halogens is 1. The van der Waals surface area contributed by atoms with Crippen molar-refractivity contribution in [3.8, 4) is 5.88 Å². The summed E-state index contributed by atoms with van der Waals surface area (Å²) in [6.45, 7) is 7.19. The van der Waals surface area contributed by atoms with Crippen molar-refractivity contribution in [2.45, 2.75) is 45.9 Å². The third kappa shape index (κ3) is 3.83. The Morgan fingerprint density at radius 2 is 2.31 bits per heavy atom. The number of carbonyl (C=O) groups is 1. The Bertz CT molecular complexity index is 793. The predicted molar refractivity (Wildman–Crippen MR) is 97.6 cm³/mol. The number of nitrogens with zero attached hydrogens (tertiary/aromatic N) is 3. The zero-order valence-corrected chi connectivity index (χ0v) is 15.9. The van der Waals surface area contributed by atoms with Gasteiger partial charge in [0.25, 0.3) is 5.91 Å². The molecule has 0 radical (unpaired) electrons. The summed E-state index contributed by atoms with van der Waals surface area (Å²) in [5.74, 6) is 0.205. The fourth-order valence-electron chi connectivity index (χ4n) is 3.15. The smallest absolute Gasteiger partial charge is 0.269 e. The van der Waals surface area contributed by atoms with Crippen LogP contribution in [-0.4, -0.2) is 39.9 Å². The number of aryl methyl sites for hydroxylation is 1. The van der Waals surface area contributed by atoms with Gasteiger partial charge in [-0.15, -0.1) is 0 Å². The van der Waals surface area contributed by atoms with Gasteiger partial charge in [-0.1, -0.05) is 11.6 Å². The van der Waals surface area contributed by atoms with E-state index in [-0.39, 0.29) is 24.7 Å². The van der Waals surface area contributed by atoms with Gasteiger partial charge in [0.05, 0.1) is 24.4 Å². The van der Waals surface area contributed by atoms with Crippen LogP contribution in [0.1, 0.15) is 48.6 Å². The number of carbonyl (C=O) groups excluding carboxylic acids is 1. The molecule has 26 heavy (non-hydrogen) atoms. The highest BCUT2D eigenvalue weighted by atomic mass is 35.5. The molecule has 0 fully saturated rings. The molecule has 2 atom stereocenters. The maximum Gasteiger partial charge on any atom is 0.269 e. The van der Waals surface area contributed by atoms with Gasteiger partial charge >= 0.3 is 0 Å². The lowest BCUT2D eigenvalue weighted by Gasteiger charge is -2.24. The lowest BCUT2D eigenvalue weighted by atomic mass is 9.99. The average Bonchev–Trinajstić information content (AvgIpc) is 2.98. The van der Waals surface area contributed by atoms with Crippen molar-refractivity contribution in [1.82, 2.24) is 20.1 Å². The number of rotatable bonds is 6. The van der Waals surface area contributed by atoms with Crippen molar-refractivity contribution in [1.29, 1.82) is 0 Å². The molecule has 0 unspecified atom stereocenters. The normalized spacial score (nSPS) is 19.1. The fraction of sp³-hybridized carbons (Fsp3) is 0.500. The highest BCUT2D eigenvalue weighted by Gasteiger charge is 2.31. The molecule has 0 bridgehead atoms. The van der Waals surface area contributed by atoms with Gasteiger partial charge in [-0.05, 0) is 32.9 Å². The van der Waals surface area contributed by atoms with Crippen molar-refractivity contribution >= 4 is 17.5 Å². The topological polar surface area (TPSA) is 78.3 Å². The highest BCUT2D eigenvalue weighted by molar-refractivity contribution is 6.31. The quantitative estimate of drug-likeness (QED) is 0.782. The zero-order valence-electron chi connectivity index (χ0n) is 15.2. The molecule has 7 nitrogen and oxygen atoms in total. The Morgan fingerprint density at radius 1 is 1.50 bits per heavy atom. The van der Waals surface area contributed by atoms with E-state index in [1.165, 1.54) is 0 Å². The van der Waals surface area contributed by atoms with Crippen LogP contribution in [0.15, 0.2) is 18.3 Å². The minimum Gasteiger partial charge on any atom is -0.475 e. The molecule has 1 amide bonds. The molecule has 0 saturated carbocycles. The van der Waals surface area contributed by atoms with Gasteiger partial charge in [-0.25, -0.2) is 4.98 Å². The summed E-state index contributed by atoms with van der Waals surface area (Å²) >= 11 is 5.99. The summed E-state index contributed by atoms with van der Waals surface area (Å²) in [4.78, 5) is 16.8. The molecule has 2 aromatic heterocycles. The van der Waals surface area contributed by atoms with E-state index in [4.69, 9.17) is 21.1 Å². The second kappa shape index (κ2) is 8.05. The molecular formula is C18H23ClN4O3. The van der Waals surface area contributed by atoms with Gasteiger partial charge in [-0.3, -0.25) is 9.48 Å². The lowest BCUT2D eigenvalue weighted by Crippen LogP contribution is -2.32. The maximum absolute atomic E-state index is 12.7. The predicted octanol–water partition coefficient (Wildman–Crippen LogP) is 2.78. The molecule has 0 spiro atoms. The molecule has 2 aromatic rings. The number of pyridine rings is 1. The first-order chi connectivity index (χ1) is 12.5. The van der Waals surface area contributed by atoms with Crippen molar-refractivity contribution in [2.75, 3.05) is 13.2 Å². The van der Waals surface area contributed by atoms with Gasteiger partial charge in [0.2, 0.25) is 5.88 Å². The molecule has 0 aliphatic carbocycles. The van der Waals surface area contributed by atoms with Gasteiger partial charge in [0.1, 0.15) is 17.3 Å². The van der Waals surface area contributed by atoms with Crippen molar-refractivity contribution in [3.63, 3.8) is 0 Å². The standard InChI is InChI=1S/C18H23ClN4O3/c1-4-23-16(13-10-11(2)26-12(3)15(13)22-23)17(24)20-8-9-25-18-14(19)6-5-7-21-18/h5-7,11-12H,4,8-10H2,1-3H3,(H,20,24)/t11-,12+/m0/s1. The van der Waals surface area contributed by atoms with E-state index < -0.39 is 0 Å². The summed E-state index contributed by atoms with van der Waals surface area (Å²) in [5.41, 5.74) is 2.44. The van der Waals surface area contributed by atoms with Crippen LogP contribution in [0.4, 0.5) is 0 Å². The third-order valence-electron chi connectivity index (χ3n) is 4.26. The maximum atomic E-state index is 12.7. The van der Waals surface area contributed by atoms with E-state index in [1.807, 2.05) is 20.8 Å². The van der Waals surface area contributed by atoms with E-state index in [2.05, 4.69) is 15.4 Å². The summed E-state index contributed by atoms with van der Waals surface area (Å²) in [7, 11) is 0. The number of hydrogen-bond acceptors (Lipinski definition) is 5. The largest absolute Gasteiger partial charge is 0.475 e. The molecule has 0 aromatic carbocycles. The summed E-state index contributed by atoms with van der Waals surface area (Å²) in [6.07, 6.45) is 2.24. The first-order valence-corrected chi connectivity index (χ1v) is 9.15. The second-order valence-electron chi connectivity index (χ2n) is 6.22. The van der Waals surface area contributed by atoms with Gasteiger partial charge < -0.3 is 14.8 Å². The minimum absolute atomic E-state index is 0.0631. The van der Waals surface area contributed by atoms with E-state index >= 15 is 0 Å². The fourth-order valence-corrected chi connectivity index (χ4v) is 3.33. The van der Waals surface area contributed by atoms with Crippen molar-refractivity contribution in [3.05, 3.63) is 40.3 Å². The molecule has 0 saturated heterocycles. The molecule has 3 rings (SSSR count). The first-order valence-electron chi connectivity index (χ1n) is 8.77. The van der Waals surface area contributed by atoms with Crippen LogP contribution in [0.3, 0.4) is 0 Å². The number of amides is 1. The Hall–Kier alpha value is -2.12. The Morgan fingerprint density at radius 3 is 3.04 bits per heavy atom. The number of fused-ring (bicyclic) bond motifs is 1. The number of hydrogen-bond donors (Lipinski definition) is 1. The summed E-state index contributed by atoms with van der Waals surface area (Å²) in [5, 5.41) is 7.90. The average molecular weight is 379 g/mol. The second-order valence-corrected chi connectivity index (χ2v) is 6.62. The van der Waals surface area contributed by atoms with Crippen molar-refractivity contribution in [2.24, 2.45) is 0 Å². The first kappa shape index (κ1) is 18.7. The van der Waals surface area contributed by atoms with Crippen LogP contribution in [0, 0.1) is 0 Å². The van der Waals surface area contributed by atoms with Gasteiger partial charge in [0, 0.05) is 24.7 Å². The Balaban J connectivity index is 1.65. The van der Waals surface area contributed by atoms with Crippen LogP contribution in [0.25, 0.3) is 0 Å². The SMILES string of the molecule is CCn1nc2c(c1C(=O)NCCOc1ncccc1Cl)C[C@H](C)O[C@@H]2C. The molecule has 1 N–H and O–H groups in total. The number of ether oxygens (including phenoxy) is 2. The van der Waals surface area contributed by atoms with E-state index in [9.17, 15) is 4.79 Å². The monoisotopic (exact) mass is 378 g/mol. The Labute approximate surface area is 157 Å². The molecule has 1 aliphatic rings. The number of nitrogens with one attached hydrogen (secondary N) is 1. The zero-order chi connectivity index (χ0) is 18.7. The van der Waals surface area contributed by atoms with Crippen molar-refractivity contribution < 1.29 is 14.3 Å². The van der Waals surface area contributed by atoms with Crippen LogP contribution < -0.4 is 10.1 Å². The molecule has 140 valence electrons. The molecule has 3 heterocycles. The molecule has 1 aliphatic heterocycles. The third-order valence-corrected chi connectivity index (χ3v) is 4.55.